The van der Waals surface area contributed by atoms with Crippen LogP contribution in [0.15, 0.2) is 0 Å². The van der Waals surface area contributed by atoms with Crippen LogP contribution in [0.25, 0.3) is 0 Å². The third kappa shape index (κ3) is 1.18. The van der Waals surface area contributed by atoms with E-state index in [4.69, 9.17) is 5.11 Å². The van der Waals surface area contributed by atoms with Gasteiger partial charge in [0.15, 0.2) is 0 Å². The number of rotatable bonds is 1. The van der Waals surface area contributed by atoms with Crippen molar-refractivity contribution in [2.24, 2.45) is 5.92 Å². The molecule has 2 aliphatic heterocycles. The summed E-state index contributed by atoms with van der Waals surface area (Å²) in [6.45, 7) is 0.404. The molecule has 2 heterocycles. The van der Waals surface area contributed by atoms with Crippen LogP contribution in [0.2, 0.25) is 0 Å². The number of piperidine rings is 1. The summed E-state index contributed by atoms with van der Waals surface area (Å²) in [5, 5.41) is 9.02. The Morgan fingerprint density at radius 2 is 1.82 bits per heavy atom. The van der Waals surface area contributed by atoms with Crippen LogP contribution < -0.4 is 0 Å². The zero-order chi connectivity index (χ0) is 7.84. The van der Waals surface area contributed by atoms with Crippen molar-refractivity contribution in [3.8, 4) is 0 Å². The Hall–Kier alpha value is -0.0800. The maximum Gasteiger partial charge on any atom is 0.0460 e. The first kappa shape index (κ1) is 7.56. The van der Waals surface area contributed by atoms with Gasteiger partial charge in [0.1, 0.15) is 0 Å². The molecule has 0 aromatic heterocycles. The lowest BCUT2D eigenvalue weighted by molar-refractivity contribution is 0.0945. The van der Waals surface area contributed by atoms with Gasteiger partial charge in [0.2, 0.25) is 0 Å². The molecule has 0 aromatic carbocycles. The Morgan fingerprint density at radius 1 is 1.27 bits per heavy atom. The number of aliphatic hydroxyl groups excluding tert-OH is 1. The SMILES string of the molecule is CN1C2CCC1CC(CO)C2. The standard InChI is InChI=1S/C9H17NO/c1-10-8-2-3-9(10)5-7(4-8)6-11/h7-9,11H,2-6H2,1H3. The molecule has 0 amide bonds. The van der Waals surface area contributed by atoms with Gasteiger partial charge < -0.3 is 10.0 Å². The normalized spacial score (nSPS) is 44.7. The fourth-order valence-electron chi connectivity index (χ4n) is 2.67. The lowest BCUT2D eigenvalue weighted by atomic mass is 9.92. The topological polar surface area (TPSA) is 23.5 Å². The van der Waals surface area contributed by atoms with Gasteiger partial charge in [-0.1, -0.05) is 0 Å². The molecular formula is C9H17NO. The molecule has 0 spiro atoms. The van der Waals surface area contributed by atoms with Crippen molar-refractivity contribution in [3.05, 3.63) is 0 Å². The number of nitrogens with zero attached hydrogens (tertiary/aromatic N) is 1. The molecule has 0 aromatic rings. The molecule has 2 unspecified atom stereocenters. The average Bonchev–Trinajstić information content (AvgIpc) is 2.26. The zero-order valence-electron chi connectivity index (χ0n) is 7.16. The Balaban J connectivity index is 2.02. The van der Waals surface area contributed by atoms with E-state index in [1.54, 1.807) is 0 Å². The molecule has 2 heteroatoms. The molecule has 2 bridgehead atoms. The molecule has 2 nitrogen and oxygen atoms in total. The Kier molecular flexibility index (Phi) is 1.90. The van der Waals surface area contributed by atoms with Crippen LogP contribution in [-0.2, 0) is 0 Å². The highest BCUT2D eigenvalue weighted by molar-refractivity contribution is 4.92. The van der Waals surface area contributed by atoms with Gasteiger partial charge in [0.05, 0.1) is 0 Å². The second-order valence-electron chi connectivity index (χ2n) is 4.07. The van der Waals surface area contributed by atoms with Gasteiger partial charge in [-0.05, 0) is 38.6 Å². The largest absolute Gasteiger partial charge is 0.396 e. The van der Waals surface area contributed by atoms with Crippen molar-refractivity contribution in [1.29, 1.82) is 0 Å². The van der Waals surface area contributed by atoms with E-state index >= 15 is 0 Å². The van der Waals surface area contributed by atoms with Gasteiger partial charge in [0, 0.05) is 18.7 Å². The Labute approximate surface area is 68.2 Å². The molecule has 0 aliphatic carbocycles. The number of hydrogen-bond acceptors (Lipinski definition) is 2. The van der Waals surface area contributed by atoms with Crippen LogP contribution >= 0.6 is 0 Å². The Bertz CT molecular complexity index is 134. The smallest absolute Gasteiger partial charge is 0.0460 e. The first-order valence-electron chi connectivity index (χ1n) is 4.64. The van der Waals surface area contributed by atoms with E-state index < -0.39 is 0 Å². The molecule has 64 valence electrons. The van der Waals surface area contributed by atoms with Crippen LogP contribution in [0.4, 0.5) is 0 Å². The molecule has 2 atom stereocenters. The number of fused-ring (bicyclic) bond motifs is 2. The summed E-state index contributed by atoms with van der Waals surface area (Å²) in [6, 6.07) is 1.57. The van der Waals surface area contributed by atoms with E-state index in [9.17, 15) is 0 Å². The summed E-state index contributed by atoms with van der Waals surface area (Å²) in [5.41, 5.74) is 0. The van der Waals surface area contributed by atoms with E-state index in [1.807, 2.05) is 0 Å². The summed E-state index contributed by atoms with van der Waals surface area (Å²) in [6.07, 6.45) is 5.17. The second-order valence-corrected chi connectivity index (χ2v) is 4.07. The molecule has 1 N–H and O–H groups in total. The number of aliphatic hydroxyl groups is 1. The quantitative estimate of drug-likeness (QED) is 0.607. The summed E-state index contributed by atoms with van der Waals surface area (Å²) < 4.78 is 0. The lowest BCUT2D eigenvalue weighted by Crippen LogP contribution is -2.40. The van der Waals surface area contributed by atoms with Crippen LogP contribution in [0, 0.1) is 5.92 Å². The van der Waals surface area contributed by atoms with Crippen molar-refractivity contribution in [3.63, 3.8) is 0 Å². The average molecular weight is 155 g/mol. The maximum absolute atomic E-state index is 9.02. The van der Waals surface area contributed by atoms with Crippen LogP contribution in [0.1, 0.15) is 25.7 Å². The molecule has 0 saturated carbocycles. The van der Waals surface area contributed by atoms with Gasteiger partial charge in [0.25, 0.3) is 0 Å². The predicted molar refractivity (Wildman–Crippen MR) is 44.4 cm³/mol. The molecule has 0 radical (unpaired) electrons. The molecule has 2 saturated heterocycles. The first-order valence-corrected chi connectivity index (χ1v) is 4.64. The predicted octanol–water partition coefficient (Wildman–Crippen LogP) is 0.851. The van der Waals surface area contributed by atoms with Gasteiger partial charge >= 0.3 is 0 Å². The van der Waals surface area contributed by atoms with E-state index in [2.05, 4.69) is 11.9 Å². The minimum atomic E-state index is 0.404. The van der Waals surface area contributed by atoms with Crippen molar-refractivity contribution < 1.29 is 5.11 Å². The van der Waals surface area contributed by atoms with Crippen LogP contribution in [0.3, 0.4) is 0 Å². The third-order valence-electron chi connectivity index (χ3n) is 3.45. The highest BCUT2D eigenvalue weighted by Crippen LogP contribution is 2.36. The first-order chi connectivity index (χ1) is 5.31. The summed E-state index contributed by atoms with van der Waals surface area (Å²) in [5.74, 6) is 0.601. The fourth-order valence-corrected chi connectivity index (χ4v) is 2.67. The number of hydrogen-bond donors (Lipinski definition) is 1. The molecule has 2 fully saturated rings. The van der Waals surface area contributed by atoms with E-state index in [0.29, 0.717) is 12.5 Å². The minimum absolute atomic E-state index is 0.404. The fraction of sp³-hybridized carbons (Fsp3) is 1.00. The second kappa shape index (κ2) is 2.76. The van der Waals surface area contributed by atoms with Crippen molar-refractivity contribution >= 4 is 0 Å². The van der Waals surface area contributed by atoms with E-state index in [-0.39, 0.29) is 0 Å². The van der Waals surface area contributed by atoms with Gasteiger partial charge in [-0.25, -0.2) is 0 Å². The van der Waals surface area contributed by atoms with Gasteiger partial charge in [-0.2, -0.15) is 0 Å². The molecule has 11 heavy (non-hydrogen) atoms. The molecule has 2 rings (SSSR count). The van der Waals surface area contributed by atoms with Crippen molar-refractivity contribution in [1.82, 2.24) is 4.90 Å². The summed E-state index contributed by atoms with van der Waals surface area (Å²) in [4.78, 5) is 2.51. The van der Waals surface area contributed by atoms with E-state index in [0.717, 1.165) is 12.1 Å². The highest BCUT2D eigenvalue weighted by Gasteiger charge is 2.37. The monoisotopic (exact) mass is 155 g/mol. The lowest BCUT2D eigenvalue weighted by Gasteiger charge is -2.35. The Morgan fingerprint density at radius 3 is 2.27 bits per heavy atom. The maximum atomic E-state index is 9.02. The van der Waals surface area contributed by atoms with Crippen molar-refractivity contribution in [2.45, 2.75) is 37.8 Å². The zero-order valence-corrected chi connectivity index (χ0v) is 7.16. The third-order valence-corrected chi connectivity index (χ3v) is 3.45. The summed E-state index contributed by atoms with van der Waals surface area (Å²) in [7, 11) is 2.23. The van der Waals surface area contributed by atoms with E-state index in [1.165, 1.54) is 25.7 Å². The molecular weight excluding hydrogens is 138 g/mol. The highest BCUT2D eigenvalue weighted by atomic mass is 16.3. The van der Waals surface area contributed by atoms with Crippen LogP contribution in [0.5, 0.6) is 0 Å². The van der Waals surface area contributed by atoms with Crippen LogP contribution in [-0.4, -0.2) is 35.7 Å². The molecule has 2 aliphatic rings. The van der Waals surface area contributed by atoms with Crippen molar-refractivity contribution in [2.75, 3.05) is 13.7 Å². The van der Waals surface area contributed by atoms with Gasteiger partial charge in [-0.15, -0.1) is 0 Å². The summed E-state index contributed by atoms with van der Waals surface area (Å²) >= 11 is 0. The van der Waals surface area contributed by atoms with Gasteiger partial charge in [-0.3, -0.25) is 0 Å². The minimum Gasteiger partial charge on any atom is -0.396 e.